The third-order valence-electron chi connectivity index (χ3n) is 6.35. The third-order valence-corrected chi connectivity index (χ3v) is 7.20. The van der Waals surface area contributed by atoms with Crippen molar-refractivity contribution < 1.29 is 37.0 Å². The summed E-state index contributed by atoms with van der Waals surface area (Å²) in [5, 5.41) is 13.6. The molecule has 0 unspecified atom stereocenters. The molecule has 5 aromatic rings. The number of hydrogen-bond donors (Lipinski definition) is 1. The van der Waals surface area contributed by atoms with E-state index in [0.29, 0.717) is 35.7 Å². The van der Waals surface area contributed by atoms with Crippen LogP contribution < -0.4 is 9.47 Å². The molecule has 0 aliphatic carbocycles. The molecule has 0 aromatic heterocycles. The second-order valence-electron chi connectivity index (χ2n) is 9.08. The monoisotopic (exact) mass is 601 g/mol. The Labute approximate surface area is 247 Å². The lowest BCUT2D eigenvalue weighted by atomic mass is 10.0. The fourth-order valence-electron chi connectivity index (χ4n) is 4.42. The predicted octanol–water partition coefficient (Wildman–Crippen LogP) is 6.70. The van der Waals surface area contributed by atoms with Gasteiger partial charge in [-0.15, -0.1) is 0 Å². The van der Waals surface area contributed by atoms with Crippen LogP contribution in [0, 0.1) is 10.1 Å². The number of carbonyl (C=O) groups is 2. The molecule has 11 heteroatoms. The van der Waals surface area contributed by atoms with Crippen molar-refractivity contribution in [2.24, 2.45) is 0 Å². The molecule has 0 fully saturated rings. The van der Waals surface area contributed by atoms with Crippen molar-refractivity contribution in [3.05, 3.63) is 118 Å². The standard InChI is InChI=1S/C18H18O5S.C14H9NO4/c1-3-22-17-13-7-5-6-8-14(13)18(23-4-2)16-11-12(24(19,20)21)9-10-15(16)17;16-13(10-4-2-1-3-5-10)14(17)11-6-8-12(9-7-11)15(18)19/h5-11H,3-4H2,1-2H3,(H,19,20,21);1-9H. The van der Waals surface area contributed by atoms with Gasteiger partial charge in [0.05, 0.1) is 23.0 Å². The van der Waals surface area contributed by atoms with Gasteiger partial charge in [-0.1, -0.05) is 54.6 Å². The van der Waals surface area contributed by atoms with E-state index in [2.05, 4.69) is 0 Å². The van der Waals surface area contributed by atoms with Gasteiger partial charge in [-0.3, -0.25) is 24.3 Å². The van der Waals surface area contributed by atoms with Crippen LogP contribution in [0.25, 0.3) is 21.5 Å². The molecule has 0 aliphatic rings. The van der Waals surface area contributed by atoms with Gasteiger partial charge >= 0.3 is 0 Å². The molecule has 0 amide bonds. The predicted molar refractivity (Wildman–Crippen MR) is 162 cm³/mol. The van der Waals surface area contributed by atoms with Crippen molar-refractivity contribution in [3.8, 4) is 11.5 Å². The highest BCUT2D eigenvalue weighted by Gasteiger charge is 2.20. The van der Waals surface area contributed by atoms with Gasteiger partial charge in [0.2, 0.25) is 11.6 Å². The number of fused-ring (bicyclic) bond motifs is 2. The number of nitro benzene ring substituents is 1. The van der Waals surface area contributed by atoms with E-state index >= 15 is 0 Å². The molecule has 5 rings (SSSR count). The Morgan fingerprint density at radius 3 is 1.65 bits per heavy atom. The first-order chi connectivity index (χ1) is 20.6. The number of ether oxygens (including phenoxy) is 2. The van der Waals surface area contributed by atoms with Crippen LogP contribution in [-0.2, 0) is 10.1 Å². The van der Waals surface area contributed by atoms with Gasteiger partial charge in [0, 0.05) is 44.8 Å². The van der Waals surface area contributed by atoms with E-state index in [1.54, 1.807) is 36.4 Å². The lowest BCUT2D eigenvalue weighted by Gasteiger charge is -2.17. The second kappa shape index (κ2) is 13.2. The number of Topliss-reactive ketones (excluding diaryl/α,β-unsaturated/α-hetero) is 2. The normalized spacial score (nSPS) is 11.0. The minimum atomic E-state index is -4.30. The van der Waals surface area contributed by atoms with Gasteiger partial charge in [0.25, 0.3) is 15.8 Å². The van der Waals surface area contributed by atoms with E-state index in [1.807, 2.05) is 38.1 Å². The van der Waals surface area contributed by atoms with Crippen molar-refractivity contribution in [2.75, 3.05) is 13.2 Å². The van der Waals surface area contributed by atoms with Crippen LogP contribution in [0.3, 0.4) is 0 Å². The van der Waals surface area contributed by atoms with Crippen LogP contribution in [-0.4, -0.2) is 42.7 Å². The molecule has 0 bridgehead atoms. The molecule has 0 heterocycles. The fraction of sp³-hybridized carbons (Fsp3) is 0.125. The summed E-state index contributed by atoms with van der Waals surface area (Å²) in [5.41, 5.74) is 0.314. The zero-order valence-corrected chi connectivity index (χ0v) is 24.0. The van der Waals surface area contributed by atoms with Crippen LogP contribution in [0.4, 0.5) is 5.69 Å². The molecule has 1 N–H and O–H groups in total. The molecule has 0 radical (unpaired) electrons. The molecular formula is C32H27NO9S. The Kier molecular flexibility index (Phi) is 9.49. The van der Waals surface area contributed by atoms with Gasteiger partial charge in [-0.2, -0.15) is 8.42 Å². The highest BCUT2D eigenvalue weighted by atomic mass is 32.2. The number of nitro groups is 1. The quantitative estimate of drug-likeness (QED) is 0.0486. The Bertz CT molecular complexity index is 1920. The molecule has 10 nitrogen and oxygen atoms in total. The molecule has 220 valence electrons. The third kappa shape index (κ3) is 6.85. The number of carbonyl (C=O) groups excluding carboxylic acids is 2. The highest BCUT2D eigenvalue weighted by molar-refractivity contribution is 7.85. The van der Waals surface area contributed by atoms with Crippen molar-refractivity contribution in [3.63, 3.8) is 0 Å². The van der Waals surface area contributed by atoms with Crippen molar-refractivity contribution in [1.82, 2.24) is 0 Å². The van der Waals surface area contributed by atoms with Crippen molar-refractivity contribution >= 4 is 48.9 Å². The first-order valence-corrected chi connectivity index (χ1v) is 14.6. The van der Waals surface area contributed by atoms with Gasteiger partial charge in [-0.05, 0) is 44.2 Å². The van der Waals surface area contributed by atoms with Gasteiger partial charge in [0.1, 0.15) is 11.5 Å². The Hall–Kier alpha value is -5.13. The van der Waals surface area contributed by atoms with Gasteiger partial charge in [-0.25, -0.2) is 0 Å². The first-order valence-electron chi connectivity index (χ1n) is 13.2. The summed E-state index contributed by atoms with van der Waals surface area (Å²) in [6.45, 7) is 4.67. The molecule has 0 aliphatic heterocycles. The van der Waals surface area contributed by atoms with Crippen LogP contribution in [0.2, 0.25) is 0 Å². The lowest BCUT2D eigenvalue weighted by molar-refractivity contribution is -0.384. The average Bonchev–Trinajstić information content (AvgIpc) is 3.02. The summed E-state index contributed by atoms with van der Waals surface area (Å²) >= 11 is 0. The topological polar surface area (TPSA) is 150 Å². The van der Waals surface area contributed by atoms with E-state index < -0.39 is 26.6 Å². The molecule has 0 saturated heterocycles. The van der Waals surface area contributed by atoms with E-state index in [1.165, 1.54) is 36.4 Å². The SMILES string of the molecule is CCOc1c2ccccc2c(OCC)c2cc(S(=O)(=O)O)ccc12.O=C(C(=O)c1ccc([N+](=O)[O-])cc1)c1ccccc1. The van der Waals surface area contributed by atoms with Gasteiger partial charge < -0.3 is 9.47 Å². The van der Waals surface area contributed by atoms with Crippen molar-refractivity contribution in [1.29, 1.82) is 0 Å². The van der Waals surface area contributed by atoms with E-state index in [4.69, 9.17) is 9.47 Å². The molecule has 0 spiro atoms. The average molecular weight is 602 g/mol. The number of rotatable bonds is 9. The van der Waals surface area contributed by atoms with Crippen LogP contribution in [0.5, 0.6) is 11.5 Å². The summed E-state index contributed by atoms with van der Waals surface area (Å²) in [6, 6.07) is 25.2. The van der Waals surface area contributed by atoms with E-state index in [0.717, 1.165) is 16.2 Å². The zero-order valence-electron chi connectivity index (χ0n) is 23.2. The van der Waals surface area contributed by atoms with Gasteiger partial charge in [0.15, 0.2) is 0 Å². The number of hydrogen-bond acceptors (Lipinski definition) is 8. The minimum absolute atomic E-state index is 0.122. The van der Waals surface area contributed by atoms with Crippen LogP contribution in [0.1, 0.15) is 34.6 Å². The van der Waals surface area contributed by atoms with Crippen molar-refractivity contribution in [2.45, 2.75) is 18.7 Å². The largest absolute Gasteiger partial charge is 0.493 e. The Morgan fingerprint density at radius 2 is 1.16 bits per heavy atom. The maximum atomic E-state index is 11.9. The molecule has 0 atom stereocenters. The molecular weight excluding hydrogens is 574 g/mol. The minimum Gasteiger partial charge on any atom is -0.493 e. The second-order valence-corrected chi connectivity index (χ2v) is 10.5. The maximum Gasteiger partial charge on any atom is 0.294 e. The maximum absolute atomic E-state index is 11.9. The Balaban J connectivity index is 0.000000203. The van der Waals surface area contributed by atoms with E-state index in [-0.39, 0.29) is 16.1 Å². The smallest absolute Gasteiger partial charge is 0.294 e. The fourth-order valence-corrected chi connectivity index (χ4v) is 4.93. The molecule has 5 aromatic carbocycles. The number of non-ortho nitro benzene ring substituents is 1. The summed E-state index contributed by atoms with van der Waals surface area (Å²) in [7, 11) is -4.30. The zero-order chi connectivity index (χ0) is 31.1. The number of ketones is 2. The number of nitrogens with zero attached hydrogens (tertiary/aromatic N) is 1. The van der Waals surface area contributed by atoms with Crippen LogP contribution >= 0.6 is 0 Å². The summed E-state index contributed by atoms with van der Waals surface area (Å²) in [5.74, 6) is -0.0546. The Morgan fingerprint density at radius 1 is 0.698 bits per heavy atom. The first kappa shape index (κ1) is 30.8. The molecule has 43 heavy (non-hydrogen) atoms. The molecule has 0 saturated carbocycles. The number of benzene rings is 5. The summed E-state index contributed by atoms with van der Waals surface area (Å²) in [4.78, 5) is 33.5. The van der Waals surface area contributed by atoms with Crippen LogP contribution in [0.15, 0.2) is 102 Å². The van der Waals surface area contributed by atoms with E-state index in [9.17, 15) is 32.7 Å². The lowest BCUT2D eigenvalue weighted by Crippen LogP contribution is -2.14. The summed E-state index contributed by atoms with van der Waals surface area (Å²) in [6.07, 6.45) is 0. The summed E-state index contributed by atoms with van der Waals surface area (Å²) < 4.78 is 44.0. The highest BCUT2D eigenvalue weighted by Crippen LogP contribution is 2.43.